The van der Waals surface area contributed by atoms with Gasteiger partial charge in [0.15, 0.2) is 0 Å². The Bertz CT molecular complexity index is 754. The van der Waals surface area contributed by atoms with Crippen molar-refractivity contribution < 1.29 is 4.79 Å². The summed E-state index contributed by atoms with van der Waals surface area (Å²) in [5.41, 5.74) is 8.84. The van der Waals surface area contributed by atoms with E-state index in [-0.39, 0.29) is 0 Å². The minimum atomic E-state index is 0.323. The fourth-order valence-corrected chi connectivity index (χ4v) is 2.99. The summed E-state index contributed by atoms with van der Waals surface area (Å²) in [6.07, 6.45) is 4.83. The van der Waals surface area contributed by atoms with Crippen molar-refractivity contribution in [2.45, 2.75) is 0 Å². The maximum absolute atomic E-state index is 10.6. The monoisotopic (exact) mass is 284 g/mol. The summed E-state index contributed by atoms with van der Waals surface area (Å²) in [6.45, 7) is 0. The van der Waals surface area contributed by atoms with E-state index in [1.807, 2.05) is 40.9 Å². The number of nitrogen functional groups attached to an aromatic ring is 1. The molecule has 2 heterocycles. The SMILES string of the molecule is Nc1ncnc2c1c(-c1ccccc1)cn2PCC=O. The number of rotatable bonds is 4. The molecule has 0 bridgehead atoms. The van der Waals surface area contributed by atoms with Gasteiger partial charge in [-0.2, -0.15) is 0 Å². The minimum Gasteiger partial charge on any atom is -0.383 e. The lowest BCUT2D eigenvalue weighted by molar-refractivity contribution is -0.105. The number of nitrogens with zero attached hydrogens (tertiary/aromatic N) is 3. The minimum absolute atomic E-state index is 0.323. The summed E-state index contributed by atoms with van der Waals surface area (Å²) >= 11 is 0. The summed E-state index contributed by atoms with van der Waals surface area (Å²) in [7, 11) is 0.323. The van der Waals surface area contributed by atoms with Crippen molar-refractivity contribution in [1.82, 2.24) is 14.3 Å². The summed E-state index contributed by atoms with van der Waals surface area (Å²) in [5, 5.41) is 0.845. The van der Waals surface area contributed by atoms with E-state index in [1.165, 1.54) is 6.33 Å². The highest BCUT2D eigenvalue weighted by Gasteiger charge is 2.14. The summed E-state index contributed by atoms with van der Waals surface area (Å²) < 4.78 is 1.98. The van der Waals surface area contributed by atoms with E-state index in [0.29, 0.717) is 20.7 Å². The Morgan fingerprint density at radius 1 is 1.25 bits per heavy atom. The van der Waals surface area contributed by atoms with Gasteiger partial charge in [-0.15, -0.1) is 0 Å². The van der Waals surface area contributed by atoms with Gasteiger partial charge in [0.05, 0.1) is 5.39 Å². The molecule has 0 aliphatic carbocycles. The molecule has 0 spiro atoms. The van der Waals surface area contributed by atoms with Gasteiger partial charge in [0, 0.05) is 17.9 Å². The first-order valence-corrected chi connectivity index (χ1v) is 7.31. The van der Waals surface area contributed by atoms with E-state index < -0.39 is 0 Å². The van der Waals surface area contributed by atoms with Gasteiger partial charge < -0.3 is 14.9 Å². The molecule has 0 aliphatic heterocycles. The Kier molecular flexibility index (Phi) is 3.44. The van der Waals surface area contributed by atoms with Crippen molar-refractivity contribution >= 4 is 31.9 Å². The van der Waals surface area contributed by atoms with Crippen molar-refractivity contribution in [2.24, 2.45) is 0 Å². The molecular formula is C14H13N4OP. The Labute approximate surface area is 117 Å². The van der Waals surface area contributed by atoms with Gasteiger partial charge in [-0.05, 0) is 14.3 Å². The van der Waals surface area contributed by atoms with E-state index in [4.69, 9.17) is 5.73 Å². The van der Waals surface area contributed by atoms with Gasteiger partial charge in [0.1, 0.15) is 24.1 Å². The molecule has 2 N–H and O–H groups in total. The molecule has 1 unspecified atom stereocenters. The maximum atomic E-state index is 10.6. The maximum Gasteiger partial charge on any atom is 0.149 e. The van der Waals surface area contributed by atoms with Crippen molar-refractivity contribution in [2.75, 3.05) is 11.9 Å². The van der Waals surface area contributed by atoms with Crippen molar-refractivity contribution in [3.63, 3.8) is 0 Å². The van der Waals surface area contributed by atoms with Gasteiger partial charge in [0.2, 0.25) is 0 Å². The number of anilines is 1. The van der Waals surface area contributed by atoms with Crippen LogP contribution in [0.15, 0.2) is 42.9 Å². The molecule has 3 aromatic rings. The van der Waals surface area contributed by atoms with Gasteiger partial charge in [0.25, 0.3) is 0 Å². The number of hydrogen-bond donors (Lipinski definition) is 1. The topological polar surface area (TPSA) is 73.8 Å². The average Bonchev–Trinajstić information content (AvgIpc) is 2.86. The predicted molar refractivity (Wildman–Crippen MR) is 82.0 cm³/mol. The van der Waals surface area contributed by atoms with Crippen LogP contribution in [0.2, 0.25) is 0 Å². The highest BCUT2D eigenvalue weighted by atomic mass is 31.1. The van der Waals surface area contributed by atoms with Crippen LogP contribution in [0.4, 0.5) is 5.82 Å². The molecule has 5 nitrogen and oxygen atoms in total. The molecular weight excluding hydrogens is 271 g/mol. The second-order valence-corrected chi connectivity index (χ2v) is 5.47. The number of hydrogen-bond acceptors (Lipinski definition) is 4. The molecule has 20 heavy (non-hydrogen) atoms. The largest absolute Gasteiger partial charge is 0.383 e. The first kappa shape index (κ1) is 12.8. The standard InChI is InChI=1S/C14H13N4OP/c15-13-12-11(10-4-2-1-3-5-10)8-18(20-7-6-19)14(12)17-9-16-13/h1-6,8-9,20H,7H2,(H2,15,16,17). The first-order chi connectivity index (χ1) is 9.81. The van der Waals surface area contributed by atoms with E-state index >= 15 is 0 Å². The lowest BCUT2D eigenvalue weighted by Crippen LogP contribution is -1.94. The number of carbonyl (C=O) groups is 1. The fourth-order valence-electron chi connectivity index (χ4n) is 2.18. The highest BCUT2D eigenvalue weighted by Crippen LogP contribution is 2.35. The van der Waals surface area contributed by atoms with Gasteiger partial charge >= 0.3 is 0 Å². The number of aromatic nitrogens is 3. The zero-order chi connectivity index (χ0) is 13.9. The third kappa shape index (κ3) is 2.17. The number of carbonyl (C=O) groups excluding carboxylic acids is 1. The van der Waals surface area contributed by atoms with Crippen LogP contribution in [-0.4, -0.2) is 26.8 Å². The van der Waals surface area contributed by atoms with E-state index in [1.54, 1.807) is 0 Å². The molecule has 0 fully saturated rings. The Balaban J connectivity index is 2.24. The van der Waals surface area contributed by atoms with Gasteiger partial charge in [-0.3, -0.25) is 0 Å². The number of aldehydes is 1. The third-order valence-corrected chi connectivity index (χ3v) is 4.07. The molecule has 3 rings (SSSR count). The molecule has 0 aliphatic rings. The van der Waals surface area contributed by atoms with E-state index in [2.05, 4.69) is 9.97 Å². The van der Waals surface area contributed by atoms with Crippen molar-refractivity contribution in [1.29, 1.82) is 0 Å². The van der Waals surface area contributed by atoms with Gasteiger partial charge in [-0.1, -0.05) is 30.3 Å². The average molecular weight is 284 g/mol. The van der Waals surface area contributed by atoms with Gasteiger partial charge in [-0.25, -0.2) is 9.97 Å². The molecule has 6 heteroatoms. The second kappa shape index (κ2) is 5.39. The smallest absolute Gasteiger partial charge is 0.149 e. The summed E-state index contributed by atoms with van der Waals surface area (Å²) in [4.78, 5) is 19.0. The molecule has 1 aromatic carbocycles. The zero-order valence-corrected chi connectivity index (χ0v) is 11.7. The number of fused-ring (bicyclic) bond motifs is 1. The first-order valence-electron chi connectivity index (χ1n) is 6.15. The number of benzene rings is 1. The van der Waals surface area contributed by atoms with Crippen LogP contribution in [0.25, 0.3) is 22.2 Å². The predicted octanol–water partition coefficient (Wildman–Crippen LogP) is 2.32. The molecule has 2 aromatic heterocycles. The lowest BCUT2D eigenvalue weighted by Gasteiger charge is -2.01. The summed E-state index contributed by atoms with van der Waals surface area (Å²) in [6, 6.07) is 9.97. The molecule has 100 valence electrons. The normalized spacial score (nSPS) is 11.4. The van der Waals surface area contributed by atoms with Crippen LogP contribution in [-0.2, 0) is 4.79 Å². The van der Waals surface area contributed by atoms with E-state index in [9.17, 15) is 4.79 Å². The zero-order valence-electron chi connectivity index (χ0n) is 10.7. The van der Waals surface area contributed by atoms with Crippen LogP contribution >= 0.6 is 8.73 Å². The van der Waals surface area contributed by atoms with Crippen molar-refractivity contribution in [3.05, 3.63) is 42.9 Å². The van der Waals surface area contributed by atoms with Crippen LogP contribution in [0.3, 0.4) is 0 Å². The molecule has 0 saturated heterocycles. The Morgan fingerprint density at radius 3 is 2.80 bits per heavy atom. The van der Waals surface area contributed by atoms with Crippen LogP contribution in [0, 0.1) is 0 Å². The van der Waals surface area contributed by atoms with Crippen LogP contribution in [0.1, 0.15) is 0 Å². The van der Waals surface area contributed by atoms with E-state index in [0.717, 1.165) is 28.4 Å². The fraction of sp³-hybridized carbons (Fsp3) is 0.0714. The lowest BCUT2D eigenvalue weighted by atomic mass is 10.1. The molecule has 0 amide bonds. The molecule has 0 radical (unpaired) electrons. The van der Waals surface area contributed by atoms with Crippen molar-refractivity contribution in [3.8, 4) is 11.1 Å². The quantitative estimate of drug-likeness (QED) is 0.589. The van der Waals surface area contributed by atoms with Crippen LogP contribution < -0.4 is 5.73 Å². The summed E-state index contributed by atoms with van der Waals surface area (Å²) in [5.74, 6) is 0.462. The second-order valence-electron chi connectivity index (χ2n) is 4.27. The Hall–Kier alpha value is -2.26. The highest BCUT2D eigenvalue weighted by molar-refractivity contribution is 7.37. The Morgan fingerprint density at radius 2 is 2.05 bits per heavy atom. The molecule has 1 atom stereocenters. The molecule has 0 saturated carbocycles. The number of nitrogens with two attached hydrogens (primary N) is 1. The van der Waals surface area contributed by atoms with Crippen LogP contribution in [0.5, 0.6) is 0 Å². The third-order valence-electron chi connectivity index (χ3n) is 3.04.